The molecule has 0 atom stereocenters. The van der Waals surface area contributed by atoms with Crippen molar-refractivity contribution in [3.05, 3.63) is 53.9 Å². The van der Waals surface area contributed by atoms with Crippen molar-refractivity contribution in [1.29, 1.82) is 0 Å². The van der Waals surface area contributed by atoms with E-state index in [4.69, 9.17) is 5.73 Å². The van der Waals surface area contributed by atoms with Crippen LogP contribution in [-0.2, 0) is 0 Å². The average molecular weight is 323 g/mol. The van der Waals surface area contributed by atoms with E-state index in [1.165, 1.54) is 24.8 Å². The van der Waals surface area contributed by atoms with Crippen LogP contribution in [0.1, 0.15) is 44.4 Å². The van der Waals surface area contributed by atoms with Crippen molar-refractivity contribution in [1.82, 2.24) is 4.98 Å². The summed E-state index contributed by atoms with van der Waals surface area (Å²) in [7, 11) is 0. The first-order valence-corrected chi connectivity index (χ1v) is 8.86. The lowest BCUT2D eigenvalue weighted by Gasteiger charge is -2.12. The highest BCUT2D eigenvalue weighted by atomic mass is 14.9. The largest absolute Gasteiger partial charge is 0.385 e. The second kappa shape index (κ2) is 9.24. The van der Waals surface area contributed by atoms with Gasteiger partial charge in [0.1, 0.15) is 0 Å². The van der Waals surface area contributed by atoms with Crippen molar-refractivity contribution in [2.75, 3.05) is 18.4 Å². The molecule has 0 saturated carbocycles. The van der Waals surface area contributed by atoms with E-state index in [1.54, 1.807) is 0 Å². The number of anilines is 1. The van der Waals surface area contributed by atoms with Crippen LogP contribution in [0.25, 0.3) is 16.7 Å². The van der Waals surface area contributed by atoms with Crippen molar-refractivity contribution >= 4 is 11.3 Å². The minimum absolute atomic E-state index is 0.529. The summed E-state index contributed by atoms with van der Waals surface area (Å²) in [5, 5.41) is 3.51. The minimum Gasteiger partial charge on any atom is -0.385 e. The number of nitrogens with one attached hydrogen (secondary N) is 1. The van der Waals surface area contributed by atoms with Gasteiger partial charge in [0.2, 0.25) is 0 Å². The lowest BCUT2D eigenvalue weighted by atomic mass is 9.99. The van der Waals surface area contributed by atoms with E-state index in [1.807, 2.05) is 20.0 Å². The Labute approximate surface area is 146 Å². The molecule has 0 saturated heterocycles. The molecule has 0 aliphatic heterocycles. The number of nitrogens with two attached hydrogens (primary N) is 1. The second-order valence-electron chi connectivity index (χ2n) is 6.09. The van der Waals surface area contributed by atoms with Crippen molar-refractivity contribution in [2.45, 2.75) is 40.0 Å². The standard InChI is InChI=1S/C21H29N3/c1-4-6-7-11-23-20-10-8-9-18(12-20)19-13-21(16(3)24-15-19)17(5-2)14-22/h5,8-10,12-13,15,23H,4,6-7,11,14,22H2,1-3H3/b17-5-. The third-order valence-electron chi connectivity index (χ3n) is 4.31. The summed E-state index contributed by atoms with van der Waals surface area (Å²) in [6.07, 6.45) is 7.73. The molecule has 1 aromatic carbocycles. The average Bonchev–Trinajstić information content (AvgIpc) is 2.61. The Kier molecular flexibility index (Phi) is 7.01. The molecule has 0 bridgehead atoms. The molecule has 0 spiro atoms. The number of nitrogens with zero attached hydrogens (tertiary/aromatic N) is 1. The molecule has 1 aromatic heterocycles. The van der Waals surface area contributed by atoms with E-state index >= 15 is 0 Å². The Balaban J connectivity index is 2.24. The summed E-state index contributed by atoms with van der Waals surface area (Å²) in [5.41, 5.74) is 12.6. The molecule has 3 N–H and O–H groups in total. The number of rotatable bonds is 8. The minimum atomic E-state index is 0.529. The van der Waals surface area contributed by atoms with Crippen LogP contribution in [0.2, 0.25) is 0 Å². The Morgan fingerprint density at radius 2 is 2.04 bits per heavy atom. The number of aryl methyl sites for hydroxylation is 1. The fourth-order valence-corrected chi connectivity index (χ4v) is 2.82. The first kappa shape index (κ1) is 18.2. The zero-order chi connectivity index (χ0) is 17.4. The van der Waals surface area contributed by atoms with Gasteiger partial charge in [-0.05, 0) is 49.6 Å². The van der Waals surface area contributed by atoms with Gasteiger partial charge in [-0.2, -0.15) is 0 Å². The molecule has 24 heavy (non-hydrogen) atoms. The second-order valence-corrected chi connectivity index (χ2v) is 6.09. The van der Waals surface area contributed by atoms with Gasteiger partial charge < -0.3 is 11.1 Å². The molecule has 0 fully saturated rings. The number of hydrogen-bond acceptors (Lipinski definition) is 3. The molecule has 0 radical (unpaired) electrons. The number of pyridine rings is 1. The molecule has 0 amide bonds. The fourth-order valence-electron chi connectivity index (χ4n) is 2.82. The third kappa shape index (κ3) is 4.68. The molecule has 0 unspecified atom stereocenters. The smallest absolute Gasteiger partial charge is 0.0448 e. The number of allylic oxidation sites excluding steroid dienone is 1. The highest BCUT2D eigenvalue weighted by Crippen LogP contribution is 2.26. The lowest BCUT2D eigenvalue weighted by Crippen LogP contribution is -2.05. The van der Waals surface area contributed by atoms with Gasteiger partial charge in [-0.15, -0.1) is 0 Å². The maximum absolute atomic E-state index is 5.87. The van der Waals surface area contributed by atoms with Crippen LogP contribution in [0.3, 0.4) is 0 Å². The van der Waals surface area contributed by atoms with Crippen LogP contribution in [0, 0.1) is 6.92 Å². The molecule has 1 heterocycles. The molecule has 2 rings (SSSR count). The summed E-state index contributed by atoms with van der Waals surface area (Å²) < 4.78 is 0. The Morgan fingerprint density at radius 1 is 1.21 bits per heavy atom. The van der Waals surface area contributed by atoms with Gasteiger partial charge in [0.15, 0.2) is 0 Å². The lowest BCUT2D eigenvalue weighted by molar-refractivity contribution is 0.744. The number of hydrogen-bond donors (Lipinski definition) is 2. The quantitative estimate of drug-likeness (QED) is 0.671. The van der Waals surface area contributed by atoms with Gasteiger partial charge in [0.05, 0.1) is 0 Å². The molecule has 3 nitrogen and oxygen atoms in total. The zero-order valence-corrected chi connectivity index (χ0v) is 15.1. The third-order valence-corrected chi connectivity index (χ3v) is 4.31. The van der Waals surface area contributed by atoms with Crippen LogP contribution in [-0.4, -0.2) is 18.1 Å². The van der Waals surface area contributed by atoms with E-state index < -0.39 is 0 Å². The molecule has 128 valence electrons. The van der Waals surface area contributed by atoms with E-state index in [0.29, 0.717) is 6.54 Å². The van der Waals surface area contributed by atoms with Crippen LogP contribution >= 0.6 is 0 Å². The SMILES string of the molecule is C/C=C(/CN)c1cc(-c2cccc(NCCCCC)c2)cnc1C. The number of aromatic nitrogens is 1. The predicted octanol–water partition coefficient (Wildman–Crippen LogP) is 5.02. The highest BCUT2D eigenvalue weighted by molar-refractivity contribution is 5.75. The normalized spacial score (nSPS) is 11.6. The van der Waals surface area contributed by atoms with E-state index in [2.05, 4.69) is 53.6 Å². The molecular weight excluding hydrogens is 294 g/mol. The van der Waals surface area contributed by atoms with Gasteiger partial charge >= 0.3 is 0 Å². The van der Waals surface area contributed by atoms with Crippen LogP contribution < -0.4 is 11.1 Å². The van der Waals surface area contributed by atoms with Crippen molar-refractivity contribution in [3.63, 3.8) is 0 Å². The van der Waals surface area contributed by atoms with Crippen molar-refractivity contribution < 1.29 is 0 Å². The zero-order valence-electron chi connectivity index (χ0n) is 15.1. The van der Waals surface area contributed by atoms with Crippen molar-refractivity contribution in [3.8, 4) is 11.1 Å². The highest BCUT2D eigenvalue weighted by Gasteiger charge is 2.07. The van der Waals surface area contributed by atoms with Gasteiger partial charge in [-0.3, -0.25) is 4.98 Å². The maximum atomic E-state index is 5.87. The van der Waals surface area contributed by atoms with Gasteiger partial charge in [-0.1, -0.05) is 38.0 Å². The van der Waals surface area contributed by atoms with Gasteiger partial charge in [-0.25, -0.2) is 0 Å². The summed E-state index contributed by atoms with van der Waals surface area (Å²) in [6.45, 7) is 7.83. The van der Waals surface area contributed by atoms with E-state index in [-0.39, 0.29) is 0 Å². The molecular formula is C21H29N3. The first-order valence-electron chi connectivity index (χ1n) is 8.86. The summed E-state index contributed by atoms with van der Waals surface area (Å²) in [4.78, 5) is 4.57. The topological polar surface area (TPSA) is 50.9 Å². The summed E-state index contributed by atoms with van der Waals surface area (Å²) in [6, 6.07) is 10.7. The Bertz CT molecular complexity index is 689. The van der Waals surface area contributed by atoms with Gasteiger partial charge in [0, 0.05) is 41.8 Å². The number of benzene rings is 1. The summed E-state index contributed by atoms with van der Waals surface area (Å²) >= 11 is 0. The maximum Gasteiger partial charge on any atom is 0.0448 e. The first-order chi connectivity index (χ1) is 11.7. The summed E-state index contributed by atoms with van der Waals surface area (Å²) in [5.74, 6) is 0. The van der Waals surface area contributed by atoms with Gasteiger partial charge in [0.25, 0.3) is 0 Å². The van der Waals surface area contributed by atoms with Crippen LogP contribution in [0.5, 0.6) is 0 Å². The van der Waals surface area contributed by atoms with Crippen molar-refractivity contribution in [2.24, 2.45) is 5.73 Å². The number of unbranched alkanes of at least 4 members (excludes halogenated alkanes) is 2. The fraction of sp³-hybridized carbons (Fsp3) is 0.381. The molecule has 0 aliphatic rings. The molecule has 2 aromatic rings. The predicted molar refractivity (Wildman–Crippen MR) is 105 cm³/mol. The van der Waals surface area contributed by atoms with Crippen LogP contribution in [0.15, 0.2) is 42.6 Å². The molecule has 3 heteroatoms. The monoisotopic (exact) mass is 323 g/mol. The Morgan fingerprint density at radius 3 is 2.75 bits per heavy atom. The van der Waals surface area contributed by atoms with Crippen LogP contribution in [0.4, 0.5) is 5.69 Å². The van der Waals surface area contributed by atoms with E-state index in [9.17, 15) is 0 Å². The Hall–Kier alpha value is -2.13. The molecule has 0 aliphatic carbocycles. The van der Waals surface area contributed by atoms with E-state index in [0.717, 1.165) is 34.6 Å².